The second-order valence-electron chi connectivity index (χ2n) is 4.65. The molecule has 2 atom stereocenters. The summed E-state index contributed by atoms with van der Waals surface area (Å²) in [5.74, 6) is -2.29. The van der Waals surface area contributed by atoms with Crippen molar-refractivity contribution in [3.05, 3.63) is 35.1 Å². The molecule has 0 heterocycles. The van der Waals surface area contributed by atoms with Gasteiger partial charge in [-0.15, -0.1) is 0 Å². The molecule has 1 amide bonds. The predicted molar refractivity (Wildman–Crippen MR) is 69.7 cm³/mol. The van der Waals surface area contributed by atoms with Crippen molar-refractivity contribution in [2.45, 2.75) is 33.2 Å². The van der Waals surface area contributed by atoms with Gasteiger partial charge in [-0.3, -0.25) is 4.79 Å². The number of nitrogens with one attached hydrogen (secondary N) is 1. The summed E-state index contributed by atoms with van der Waals surface area (Å²) in [5, 5.41) is 11.4. The van der Waals surface area contributed by atoms with Crippen molar-refractivity contribution in [1.29, 1.82) is 0 Å². The molecule has 0 fully saturated rings. The molecule has 0 saturated carbocycles. The molecule has 104 valence electrons. The van der Waals surface area contributed by atoms with Crippen LogP contribution in [0.15, 0.2) is 18.2 Å². The molecule has 5 heteroatoms. The third-order valence-electron chi connectivity index (χ3n) is 3.32. The number of benzene rings is 1. The summed E-state index contributed by atoms with van der Waals surface area (Å²) in [6.45, 7) is 5.86. The summed E-state index contributed by atoms with van der Waals surface area (Å²) in [6, 6.07) is 3.19. The Bertz CT molecular complexity index is 488. The van der Waals surface area contributed by atoms with Crippen molar-refractivity contribution < 1.29 is 19.1 Å². The highest BCUT2D eigenvalue weighted by Crippen LogP contribution is 2.13. The maximum atomic E-state index is 13.7. The number of carbonyl (C=O) groups excluding carboxylic acids is 1. The molecule has 4 nitrogen and oxygen atoms in total. The quantitative estimate of drug-likeness (QED) is 0.862. The van der Waals surface area contributed by atoms with E-state index in [2.05, 4.69) is 5.32 Å². The Morgan fingerprint density at radius 1 is 1.37 bits per heavy atom. The van der Waals surface area contributed by atoms with Gasteiger partial charge in [-0.2, -0.15) is 0 Å². The lowest BCUT2D eigenvalue weighted by atomic mass is 10.0. The van der Waals surface area contributed by atoms with Gasteiger partial charge in [0.15, 0.2) is 0 Å². The number of hydrogen-bond donors (Lipinski definition) is 2. The van der Waals surface area contributed by atoms with Gasteiger partial charge in [-0.1, -0.05) is 20.3 Å². The van der Waals surface area contributed by atoms with Crippen LogP contribution in [0.4, 0.5) is 4.39 Å². The van der Waals surface area contributed by atoms with E-state index in [1.165, 1.54) is 12.1 Å². The van der Waals surface area contributed by atoms with E-state index in [1.807, 2.05) is 20.8 Å². The summed E-state index contributed by atoms with van der Waals surface area (Å²) in [4.78, 5) is 22.6. The van der Waals surface area contributed by atoms with Gasteiger partial charge >= 0.3 is 5.97 Å². The van der Waals surface area contributed by atoms with Gasteiger partial charge in [-0.05, 0) is 31.0 Å². The highest BCUT2D eigenvalue weighted by molar-refractivity contribution is 5.96. The Balaban J connectivity index is 2.86. The van der Waals surface area contributed by atoms with Gasteiger partial charge in [-0.25, -0.2) is 9.18 Å². The number of carboxylic acids is 1. The number of carboxylic acid groups (broad SMARTS) is 1. The zero-order valence-electron chi connectivity index (χ0n) is 11.2. The van der Waals surface area contributed by atoms with Crippen molar-refractivity contribution in [3.63, 3.8) is 0 Å². The third kappa shape index (κ3) is 3.77. The molecule has 0 saturated heterocycles. The zero-order chi connectivity index (χ0) is 14.6. The standard InChI is InChI=1S/C14H18FNO3/c1-4-8(2)9(3)16-13(17)11-6-5-10(14(18)19)7-12(11)15/h5-9H,4H2,1-3H3,(H,16,17)(H,18,19). The van der Waals surface area contributed by atoms with Crippen LogP contribution in [0.2, 0.25) is 0 Å². The van der Waals surface area contributed by atoms with E-state index in [9.17, 15) is 14.0 Å². The van der Waals surface area contributed by atoms with Crippen LogP contribution in [0.5, 0.6) is 0 Å². The molecule has 2 unspecified atom stereocenters. The molecule has 2 N–H and O–H groups in total. The van der Waals surface area contributed by atoms with E-state index in [4.69, 9.17) is 5.11 Å². The van der Waals surface area contributed by atoms with Crippen LogP contribution in [0.1, 0.15) is 47.9 Å². The molecule has 1 aromatic rings. The first kappa shape index (κ1) is 15.1. The minimum absolute atomic E-state index is 0.0731. The lowest BCUT2D eigenvalue weighted by Crippen LogP contribution is -2.37. The van der Waals surface area contributed by atoms with Crippen molar-refractivity contribution in [2.24, 2.45) is 5.92 Å². The second kappa shape index (κ2) is 6.31. The molecule has 0 aliphatic carbocycles. The van der Waals surface area contributed by atoms with Gasteiger partial charge < -0.3 is 10.4 Å². The second-order valence-corrected chi connectivity index (χ2v) is 4.65. The van der Waals surface area contributed by atoms with Crippen LogP contribution in [-0.4, -0.2) is 23.0 Å². The molecule has 1 aromatic carbocycles. The smallest absolute Gasteiger partial charge is 0.335 e. The summed E-state index contributed by atoms with van der Waals surface area (Å²) >= 11 is 0. The molecule has 0 aromatic heterocycles. The monoisotopic (exact) mass is 267 g/mol. The molecular formula is C14H18FNO3. The molecule has 0 spiro atoms. The van der Waals surface area contributed by atoms with E-state index < -0.39 is 17.7 Å². The van der Waals surface area contributed by atoms with Crippen LogP contribution >= 0.6 is 0 Å². The lowest BCUT2D eigenvalue weighted by Gasteiger charge is -2.20. The van der Waals surface area contributed by atoms with E-state index in [0.29, 0.717) is 0 Å². The number of carbonyl (C=O) groups is 2. The fourth-order valence-electron chi connectivity index (χ4n) is 1.61. The van der Waals surface area contributed by atoms with Crippen LogP contribution in [0.3, 0.4) is 0 Å². The highest BCUT2D eigenvalue weighted by atomic mass is 19.1. The zero-order valence-corrected chi connectivity index (χ0v) is 11.2. The molecule has 1 rings (SSSR count). The van der Waals surface area contributed by atoms with Gasteiger partial charge in [0.05, 0.1) is 11.1 Å². The van der Waals surface area contributed by atoms with Gasteiger partial charge in [0.1, 0.15) is 5.82 Å². The molecule has 0 radical (unpaired) electrons. The number of rotatable bonds is 5. The fraction of sp³-hybridized carbons (Fsp3) is 0.429. The highest BCUT2D eigenvalue weighted by Gasteiger charge is 2.18. The van der Waals surface area contributed by atoms with E-state index in [-0.39, 0.29) is 23.1 Å². The Morgan fingerprint density at radius 3 is 2.47 bits per heavy atom. The number of aromatic carboxylic acids is 1. The summed E-state index contributed by atoms with van der Waals surface area (Å²) in [5.41, 5.74) is -0.316. The minimum atomic E-state index is -1.22. The molecule has 0 aliphatic heterocycles. The minimum Gasteiger partial charge on any atom is -0.478 e. The largest absolute Gasteiger partial charge is 0.478 e. The fourth-order valence-corrected chi connectivity index (χ4v) is 1.61. The summed E-state index contributed by atoms with van der Waals surface area (Å²) in [6.07, 6.45) is 0.905. The average Bonchev–Trinajstić information content (AvgIpc) is 2.37. The molecule has 0 aliphatic rings. The first-order chi connectivity index (χ1) is 8.86. The molecule has 19 heavy (non-hydrogen) atoms. The average molecular weight is 267 g/mol. The van der Waals surface area contributed by atoms with E-state index in [0.717, 1.165) is 12.5 Å². The van der Waals surface area contributed by atoms with Gasteiger partial charge in [0.25, 0.3) is 5.91 Å². The first-order valence-corrected chi connectivity index (χ1v) is 6.20. The predicted octanol–water partition coefficient (Wildman–Crippen LogP) is 2.69. The maximum absolute atomic E-state index is 13.7. The molecular weight excluding hydrogens is 249 g/mol. The van der Waals surface area contributed by atoms with Gasteiger partial charge in [0, 0.05) is 6.04 Å². The van der Waals surface area contributed by atoms with E-state index >= 15 is 0 Å². The van der Waals surface area contributed by atoms with Crippen molar-refractivity contribution >= 4 is 11.9 Å². The maximum Gasteiger partial charge on any atom is 0.335 e. The lowest BCUT2D eigenvalue weighted by molar-refractivity contribution is 0.0695. The van der Waals surface area contributed by atoms with Crippen LogP contribution in [0, 0.1) is 11.7 Å². The summed E-state index contributed by atoms with van der Waals surface area (Å²) < 4.78 is 13.7. The van der Waals surface area contributed by atoms with Crippen molar-refractivity contribution in [1.82, 2.24) is 5.32 Å². The SMILES string of the molecule is CCC(C)C(C)NC(=O)c1ccc(C(=O)O)cc1F. The van der Waals surface area contributed by atoms with Crippen LogP contribution in [0.25, 0.3) is 0 Å². The van der Waals surface area contributed by atoms with E-state index in [1.54, 1.807) is 0 Å². The Labute approximate surface area is 111 Å². The number of amides is 1. The Morgan fingerprint density at radius 2 is 2.00 bits per heavy atom. The topological polar surface area (TPSA) is 66.4 Å². The Hall–Kier alpha value is -1.91. The summed E-state index contributed by atoms with van der Waals surface area (Å²) in [7, 11) is 0. The van der Waals surface area contributed by atoms with Gasteiger partial charge in [0.2, 0.25) is 0 Å². The Kier molecular flexibility index (Phi) is 5.03. The third-order valence-corrected chi connectivity index (χ3v) is 3.32. The molecule has 0 bridgehead atoms. The number of hydrogen-bond acceptors (Lipinski definition) is 2. The normalized spacial score (nSPS) is 13.7. The van der Waals surface area contributed by atoms with Crippen molar-refractivity contribution in [2.75, 3.05) is 0 Å². The number of halogens is 1. The first-order valence-electron chi connectivity index (χ1n) is 6.20. The van der Waals surface area contributed by atoms with Crippen LogP contribution in [-0.2, 0) is 0 Å². The van der Waals surface area contributed by atoms with Crippen LogP contribution < -0.4 is 5.32 Å². The van der Waals surface area contributed by atoms with Crippen molar-refractivity contribution in [3.8, 4) is 0 Å².